The van der Waals surface area contributed by atoms with Crippen LogP contribution in [0.4, 0.5) is 0 Å². The highest BCUT2D eigenvalue weighted by molar-refractivity contribution is 5.71. The van der Waals surface area contributed by atoms with Gasteiger partial charge in [-0.05, 0) is 135 Å². The SMILES string of the molecule is CC/C=C\C/C=C\C/C=C\C/C=C\C/C=C\C/C=C\CCCCC(=O)OC(COC(=O)CCCCCCCCCC/C=C\C/C=C\C/C=C\CCCCCCC)COC(=O)CCCCCCCCCCC/C=C\CCCCCCCC. The summed E-state index contributed by atoms with van der Waals surface area (Å²) in [6.07, 6.45) is 94.9. The molecule has 0 radical (unpaired) electrons. The van der Waals surface area contributed by atoms with Gasteiger partial charge in [-0.3, -0.25) is 14.4 Å². The lowest BCUT2D eigenvalue weighted by Gasteiger charge is -2.18. The van der Waals surface area contributed by atoms with Crippen molar-refractivity contribution < 1.29 is 28.6 Å². The maximum atomic E-state index is 12.9. The number of hydrogen-bond donors (Lipinski definition) is 0. The fourth-order valence-electron chi connectivity index (χ4n) is 9.33. The van der Waals surface area contributed by atoms with Crippen LogP contribution in [0, 0.1) is 0 Å². The fourth-order valence-corrected chi connectivity index (χ4v) is 9.33. The molecule has 0 saturated heterocycles. The Bertz CT molecular complexity index is 1670. The van der Waals surface area contributed by atoms with Gasteiger partial charge in [0.05, 0.1) is 0 Å². The number of hydrogen-bond acceptors (Lipinski definition) is 6. The number of rotatable bonds is 61. The largest absolute Gasteiger partial charge is 0.462 e. The summed E-state index contributed by atoms with van der Waals surface area (Å²) in [5.74, 6) is -0.946. The molecule has 1 unspecified atom stereocenters. The zero-order valence-corrected chi connectivity index (χ0v) is 53.0. The molecule has 0 fully saturated rings. The van der Waals surface area contributed by atoms with Crippen LogP contribution in [-0.2, 0) is 28.6 Å². The Morgan fingerprint density at radius 2 is 0.481 bits per heavy atom. The third-order valence-electron chi connectivity index (χ3n) is 14.4. The van der Waals surface area contributed by atoms with Crippen molar-refractivity contribution in [1.82, 2.24) is 0 Å². The smallest absolute Gasteiger partial charge is 0.306 e. The topological polar surface area (TPSA) is 78.9 Å². The highest BCUT2D eigenvalue weighted by Crippen LogP contribution is 2.16. The Labute approximate surface area is 501 Å². The first-order chi connectivity index (χ1) is 40.0. The van der Waals surface area contributed by atoms with E-state index in [1.807, 2.05) is 0 Å². The maximum absolute atomic E-state index is 12.9. The second-order valence-electron chi connectivity index (χ2n) is 22.3. The van der Waals surface area contributed by atoms with E-state index in [2.05, 4.69) is 142 Å². The average Bonchev–Trinajstić information content (AvgIpc) is 3.47. The van der Waals surface area contributed by atoms with Gasteiger partial charge in [-0.2, -0.15) is 0 Å². The summed E-state index contributed by atoms with van der Waals surface area (Å²) in [4.78, 5) is 38.4. The van der Waals surface area contributed by atoms with Crippen molar-refractivity contribution in [2.24, 2.45) is 0 Å². The van der Waals surface area contributed by atoms with Crippen molar-refractivity contribution in [3.63, 3.8) is 0 Å². The van der Waals surface area contributed by atoms with Crippen LogP contribution in [0.2, 0.25) is 0 Å². The molecule has 1 atom stereocenters. The van der Waals surface area contributed by atoms with Gasteiger partial charge in [0, 0.05) is 19.3 Å². The molecule has 0 aromatic carbocycles. The second kappa shape index (κ2) is 68.3. The minimum atomic E-state index is -0.811. The summed E-state index contributed by atoms with van der Waals surface area (Å²) in [5.41, 5.74) is 0. The van der Waals surface area contributed by atoms with Crippen molar-refractivity contribution in [2.75, 3.05) is 13.2 Å². The first-order valence-corrected chi connectivity index (χ1v) is 34.0. The molecule has 0 aromatic heterocycles. The van der Waals surface area contributed by atoms with Gasteiger partial charge in [0.2, 0.25) is 0 Å². The summed E-state index contributed by atoms with van der Waals surface area (Å²) in [6.45, 7) is 6.49. The van der Waals surface area contributed by atoms with Crippen LogP contribution >= 0.6 is 0 Å². The Morgan fingerprint density at radius 3 is 0.790 bits per heavy atom. The van der Waals surface area contributed by atoms with Gasteiger partial charge in [0.15, 0.2) is 6.10 Å². The number of carbonyl (C=O) groups is 3. The van der Waals surface area contributed by atoms with Gasteiger partial charge in [0.1, 0.15) is 13.2 Å². The van der Waals surface area contributed by atoms with E-state index in [0.717, 1.165) is 109 Å². The highest BCUT2D eigenvalue weighted by Gasteiger charge is 2.19. The third-order valence-corrected chi connectivity index (χ3v) is 14.4. The van der Waals surface area contributed by atoms with Crippen LogP contribution in [-0.4, -0.2) is 37.2 Å². The molecule has 0 bridgehead atoms. The van der Waals surface area contributed by atoms with Crippen molar-refractivity contribution in [2.45, 2.75) is 322 Å². The van der Waals surface area contributed by atoms with Crippen molar-refractivity contribution in [1.29, 1.82) is 0 Å². The van der Waals surface area contributed by atoms with E-state index in [1.165, 1.54) is 161 Å². The molecular formula is C75H126O6. The molecule has 0 aliphatic heterocycles. The van der Waals surface area contributed by atoms with Crippen LogP contribution < -0.4 is 0 Å². The van der Waals surface area contributed by atoms with Gasteiger partial charge in [-0.25, -0.2) is 0 Å². The van der Waals surface area contributed by atoms with Gasteiger partial charge in [-0.15, -0.1) is 0 Å². The van der Waals surface area contributed by atoms with Gasteiger partial charge < -0.3 is 14.2 Å². The quantitative estimate of drug-likeness (QED) is 0.0261. The molecule has 0 aliphatic carbocycles. The minimum absolute atomic E-state index is 0.101. The number of carbonyl (C=O) groups excluding carboxylic acids is 3. The summed E-state index contributed by atoms with van der Waals surface area (Å²) in [6, 6.07) is 0. The molecule has 0 N–H and O–H groups in total. The van der Waals surface area contributed by atoms with Crippen molar-refractivity contribution in [3.05, 3.63) is 122 Å². The van der Waals surface area contributed by atoms with E-state index >= 15 is 0 Å². The molecule has 6 heteroatoms. The summed E-state index contributed by atoms with van der Waals surface area (Å²) >= 11 is 0. The lowest BCUT2D eigenvalue weighted by atomic mass is 10.1. The van der Waals surface area contributed by atoms with E-state index in [0.29, 0.717) is 19.3 Å². The zero-order valence-electron chi connectivity index (χ0n) is 53.0. The number of ether oxygens (including phenoxy) is 3. The molecule has 0 aromatic rings. The Balaban J connectivity index is 4.48. The van der Waals surface area contributed by atoms with E-state index in [9.17, 15) is 14.4 Å². The van der Waals surface area contributed by atoms with E-state index < -0.39 is 6.10 Å². The van der Waals surface area contributed by atoms with Crippen molar-refractivity contribution >= 4 is 17.9 Å². The predicted molar refractivity (Wildman–Crippen MR) is 353 cm³/mol. The van der Waals surface area contributed by atoms with Crippen LogP contribution in [0.1, 0.15) is 316 Å². The molecule has 81 heavy (non-hydrogen) atoms. The molecule has 462 valence electrons. The minimum Gasteiger partial charge on any atom is -0.462 e. The highest BCUT2D eigenvalue weighted by atomic mass is 16.6. The Kier molecular flexibility index (Phi) is 64.8. The summed E-state index contributed by atoms with van der Waals surface area (Å²) in [7, 11) is 0. The Hall–Kier alpha value is -4.19. The number of allylic oxidation sites excluding steroid dienone is 20. The standard InChI is InChI=1S/C75H126O6/c1-4-7-10-13-16-19-22-25-28-31-34-36-37-39-41-44-47-50-53-56-59-62-65-68-74(77)80-71-72(70-79-73(76)67-64-61-58-55-52-49-46-43-40-33-30-27-24-21-18-15-12-9-6-3)81-75(78)69-66-63-60-57-54-51-48-45-42-38-35-32-29-26-23-20-17-14-11-8-5-2/h8,11,17,20,22,25-27,29-31,34-35,37-39,45,48,54,57,72H,4-7,9-10,12-16,18-19,21,23-24,28,32-33,36,40-44,46-47,49-53,55-56,58-71H2,1-3H3/b11-8-,20-17-,25-22-,29-26-,30-27-,34-31-,38-35-,39-37-,48-45-,57-54-. The number of unbranched alkanes of at least 4 members (excludes halogenated alkanes) is 30. The molecular weight excluding hydrogens is 997 g/mol. The Morgan fingerprint density at radius 1 is 0.259 bits per heavy atom. The average molecular weight is 1120 g/mol. The molecule has 0 saturated carbocycles. The summed E-state index contributed by atoms with van der Waals surface area (Å²) in [5, 5.41) is 0. The predicted octanol–water partition coefficient (Wildman–Crippen LogP) is 23.6. The van der Waals surface area contributed by atoms with Crippen LogP contribution in [0.3, 0.4) is 0 Å². The van der Waals surface area contributed by atoms with Crippen LogP contribution in [0.25, 0.3) is 0 Å². The van der Waals surface area contributed by atoms with Crippen LogP contribution in [0.5, 0.6) is 0 Å². The monoisotopic (exact) mass is 1120 g/mol. The molecule has 6 nitrogen and oxygen atoms in total. The van der Waals surface area contributed by atoms with Gasteiger partial charge >= 0.3 is 17.9 Å². The molecule has 0 rings (SSSR count). The van der Waals surface area contributed by atoms with Crippen molar-refractivity contribution in [3.8, 4) is 0 Å². The molecule has 0 aliphatic rings. The molecule has 0 spiro atoms. The zero-order chi connectivity index (χ0) is 58.5. The number of esters is 3. The van der Waals surface area contributed by atoms with E-state index in [4.69, 9.17) is 14.2 Å². The lowest BCUT2D eigenvalue weighted by Crippen LogP contribution is -2.30. The second-order valence-corrected chi connectivity index (χ2v) is 22.3. The first kappa shape index (κ1) is 76.8. The molecule has 0 amide bonds. The molecule has 0 heterocycles. The van der Waals surface area contributed by atoms with Gasteiger partial charge in [0.25, 0.3) is 0 Å². The lowest BCUT2D eigenvalue weighted by molar-refractivity contribution is -0.167. The maximum Gasteiger partial charge on any atom is 0.306 e. The van der Waals surface area contributed by atoms with E-state index in [-0.39, 0.29) is 37.5 Å². The third kappa shape index (κ3) is 66.5. The summed E-state index contributed by atoms with van der Waals surface area (Å²) < 4.78 is 16.9. The van der Waals surface area contributed by atoms with Crippen LogP contribution in [0.15, 0.2) is 122 Å². The van der Waals surface area contributed by atoms with Gasteiger partial charge in [-0.1, -0.05) is 284 Å². The van der Waals surface area contributed by atoms with E-state index in [1.54, 1.807) is 0 Å². The first-order valence-electron chi connectivity index (χ1n) is 34.0. The normalized spacial score (nSPS) is 12.9. The fraction of sp³-hybridized carbons (Fsp3) is 0.693.